The summed E-state index contributed by atoms with van der Waals surface area (Å²) in [6, 6.07) is 29.6. The maximum Gasteiger partial charge on any atom is 0.223 e. The van der Waals surface area contributed by atoms with Crippen LogP contribution in [0.3, 0.4) is 0 Å². The van der Waals surface area contributed by atoms with Gasteiger partial charge in [0.2, 0.25) is 23.6 Å². The summed E-state index contributed by atoms with van der Waals surface area (Å²) in [5.41, 5.74) is 3.33. The first kappa shape index (κ1) is 115. The van der Waals surface area contributed by atoms with Gasteiger partial charge in [0.15, 0.2) is 12.6 Å². The van der Waals surface area contributed by atoms with Crippen LogP contribution in [0, 0.1) is 29.6 Å². The van der Waals surface area contributed by atoms with Crippen LogP contribution >= 0.6 is 0 Å². The van der Waals surface area contributed by atoms with E-state index in [1.54, 1.807) is 0 Å². The van der Waals surface area contributed by atoms with E-state index in [0.717, 1.165) is 184 Å². The summed E-state index contributed by atoms with van der Waals surface area (Å²) in [6.07, 6.45) is 51.2. The van der Waals surface area contributed by atoms with Gasteiger partial charge in [-0.25, -0.2) is 0 Å². The average Bonchev–Trinajstić information content (AvgIpc) is 0.809. The van der Waals surface area contributed by atoms with Crippen molar-refractivity contribution in [1.82, 2.24) is 21.3 Å². The Morgan fingerprint density at radius 1 is 0.389 bits per heavy atom. The van der Waals surface area contributed by atoms with Crippen molar-refractivity contribution >= 4 is 23.6 Å². The van der Waals surface area contributed by atoms with Gasteiger partial charge in [0, 0.05) is 43.7 Å². The van der Waals surface area contributed by atoms with E-state index in [-0.39, 0.29) is 79.1 Å². The summed E-state index contributed by atoms with van der Waals surface area (Å²) >= 11 is 0. The summed E-state index contributed by atoms with van der Waals surface area (Å²) in [4.78, 5) is 52.0. The van der Waals surface area contributed by atoms with Crippen molar-refractivity contribution < 1.29 is 83.0 Å². The molecule has 2 aliphatic carbocycles. The largest absolute Gasteiger partial charge is 0.394 e. The Kier molecular flexibility index (Phi) is 65.0. The molecule has 0 spiro atoms. The van der Waals surface area contributed by atoms with Crippen LogP contribution in [0.4, 0.5) is 0 Å². The normalized spacial score (nSPS) is 21.7. The summed E-state index contributed by atoms with van der Waals surface area (Å²) in [7, 11) is 0. The highest BCUT2D eigenvalue weighted by Gasteiger charge is 2.46. The Morgan fingerprint density at radius 3 is 1.19 bits per heavy atom. The van der Waals surface area contributed by atoms with Gasteiger partial charge in [0.05, 0.1) is 76.6 Å². The predicted molar refractivity (Wildman–Crippen MR) is 527 cm³/mol. The van der Waals surface area contributed by atoms with Gasteiger partial charge >= 0.3 is 0 Å². The van der Waals surface area contributed by atoms with Crippen molar-refractivity contribution in [3.8, 4) is 0 Å². The van der Waals surface area contributed by atoms with E-state index in [0.29, 0.717) is 51.6 Å². The van der Waals surface area contributed by atoms with Crippen LogP contribution in [0.1, 0.15) is 411 Å². The third-order valence-corrected chi connectivity index (χ3v) is 28.4. The van der Waals surface area contributed by atoms with Crippen LogP contribution < -0.4 is 21.3 Å². The lowest BCUT2D eigenvalue weighted by atomic mass is 9.79. The van der Waals surface area contributed by atoms with Crippen molar-refractivity contribution in [1.29, 1.82) is 0 Å². The Morgan fingerprint density at radius 2 is 0.756 bits per heavy atom. The number of amides is 4. The van der Waals surface area contributed by atoms with E-state index >= 15 is 0 Å². The number of carbonyl (C=O) groups is 4. The fourth-order valence-electron chi connectivity index (χ4n) is 19.3. The van der Waals surface area contributed by atoms with Crippen LogP contribution in [-0.4, -0.2) is 173 Å². The molecule has 750 valence electrons. The summed E-state index contributed by atoms with van der Waals surface area (Å²) in [6.45, 7) is 14.0. The van der Waals surface area contributed by atoms with Gasteiger partial charge in [-0.15, -0.1) is 0 Å². The lowest BCUT2D eigenvalue weighted by Crippen LogP contribution is -2.60. The van der Waals surface area contributed by atoms with E-state index in [2.05, 4.69) is 117 Å². The molecule has 10 N–H and O–H groups in total. The molecule has 2 saturated carbocycles. The van der Waals surface area contributed by atoms with E-state index in [1.807, 2.05) is 30.3 Å². The zero-order valence-corrected chi connectivity index (χ0v) is 82.7. The Hall–Kier alpha value is -4.98. The molecule has 4 amide bonds. The summed E-state index contributed by atoms with van der Waals surface area (Å²) in [5.74, 6) is 1.47. The molecule has 0 aromatic heterocycles. The third-order valence-electron chi connectivity index (χ3n) is 28.4. The molecular weight excluding hydrogens is 1650 g/mol. The number of rotatable bonds is 75. The third kappa shape index (κ3) is 50.8. The van der Waals surface area contributed by atoms with E-state index in [9.17, 15) is 49.8 Å². The van der Waals surface area contributed by atoms with Gasteiger partial charge < -0.3 is 85.1 Å². The molecule has 0 radical (unpaired) electrons. The molecule has 4 unspecified atom stereocenters. The molecule has 21 nitrogen and oxygen atoms in total. The maximum absolute atomic E-state index is 14.3. The number of carbonyl (C=O) groups excluding carboxylic acids is 4. The molecule has 2 aliphatic heterocycles. The highest BCUT2D eigenvalue weighted by atomic mass is 16.7. The van der Waals surface area contributed by atoms with Crippen molar-refractivity contribution in [2.24, 2.45) is 29.6 Å². The molecule has 16 atom stereocenters. The molecule has 4 aliphatic rings. The quantitative estimate of drug-likeness (QED) is 0.0235. The van der Waals surface area contributed by atoms with Crippen molar-refractivity contribution in [2.75, 3.05) is 39.5 Å². The second-order valence-electron chi connectivity index (χ2n) is 39.5. The Balaban J connectivity index is 0.000000426. The predicted octanol–water partition coefficient (Wildman–Crippen LogP) is 21.9. The van der Waals surface area contributed by atoms with Crippen molar-refractivity contribution in [2.45, 2.75) is 494 Å². The minimum absolute atomic E-state index is 0.0245. The molecular formula is C110H188N4O17. The molecule has 3 aromatic rings. The highest BCUT2D eigenvalue weighted by molar-refractivity contribution is 5.79. The number of unbranched alkanes of at least 4 members (excludes halogenated alkanes) is 38. The zero-order chi connectivity index (χ0) is 93.8. The van der Waals surface area contributed by atoms with Crippen LogP contribution in [0.5, 0.6) is 0 Å². The number of aliphatic hydroxyl groups excluding tert-OH is 6. The Bertz CT molecular complexity index is 3230. The van der Waals surface area contributed by atoms with Gasteiger partial charge in [-0.2, -0.15) is 0 Å². The number of aliphatic hydroxyl groups is 6. The first-order valence-corrected chi connectivity index (χ1v) is 53.6. The van der Waals surface area contributed by atoms with Gasteiger partial charge in [0.1, 0.15) is 36.6 Å². The van der Waals surface area contributed by atoms with Crippen LogP contribution in [0.15, 0.2) is 91.0 Å². The van der Waals surface area contributed by atoms with Gasteiger partial charge in [-0.3, -0.25) is 19.2 Å². The average molecular weight is 1840 g/mol. The molecule has 2 heterocycles. The van der Waals surface area contributed by atoms with Crippen LogP contribution in [-0.2, 0) is 72.2 Å². The summed E-state index contributed by atoms with van der Waals surface area (Å²) < 4.78 is 45.2. The van der Waals surface area contributed by atoms with Crippen LogP contribution in [0.25, 0.3) is 0 Å². The van der Waals surface area contributed by atoms with E-state index in [1.165, 1.54) is 180 Å². The smallest absolute Gasteiger partial charge is 0.223 e. The van der Waals surface area contributed by atoms with Crippen molar-refractivity contribution in [3.05, 3.63) is 108 Å². The lowest BCUT2D eigenvalue weighted by Gasteiger charge is -2.44. The molecule has 3 aromatic carbocycles. The summed E-state index contributed by atoms with van der Waals surface area (Å²) in [5, 5.41) is 74.9. The second kappa shape index (κ2) is 74.2. The lowest BCUT2D eigenvalue weighted by molar-refractivity contribution is -0.303. The number of benzene rings is 3. The monoisotopic (exact) mass is 1840 g/mol. The highest BCUT2D eigenvalue weighted by Crippen LogP contribution is 2.37. The molecule has 21 heteroatoms. The van der Waals surface area contributed by atoms with Gasteiger partial charge in [-0.05, 0) is 92.7 Å². The van der Waals surface area contributed by atoms with Crippen molar-refractivity contribution in [3.63, 3.8) is 0 Å². The fraction of sp³-hybridized carbons (Fsp3) is 0.800. The zero-order valence-electron chi connectivity index (χ0n) is 82.7. The van der Waals surface area contributed by atoms with Gasteiger partial charge in [0.25, 0.3) is 0 Å². The maximum atomic E-state index is 14.3. The first-order valence-electron chi connectivity index (χ1n) is 53.6. The number of hydrogen-bond donors (Lipinski definition) is 10. The molecule has 0 bridgehead atoms. The fourth-order valence-corrected chi connectivity index (χ4v) is 19.3. The molecule has 2 saturated heterocycles. The Labute approximate surface area is 794 Å². The molecule has 4 fully saturated rings. The standard InChI is InChI=1S/C67H106N2O7.C43H82N2O10/c1-5-6-7-8-9-10-11-12-14-17-20-35-46-62(73-50-58-40-29-24-30-41-58)65(74-51-59-42-31-25-32-43-59)61(52-75-67-56(4)54(2)55(3)63(76-67)53-72-49-57-38-27-23-28-39-57)69-64(70)47-36-21-18-15-13-16-19-22-37-48-68-66(71)60-44-33-26-34-45-60;1-2-3-4-5-6-7-8-9-11-14-17-23-28-35(47)38(49)34(32-54-43-41(52)40(51)39(50)36(31-46)55-43)45-37(48)29-24-18-15-12-10-13-16-19-25-30-44-42(53)33-26-21-20-22-27-33/h23-25,27-32,38-43,54-56,60-63,65,67H,5-22,26,33-37,44-53H2,1-4H3,(H,68,71)(H,69,70);33-36,38-41,43,46-47,49-52H,2-32H2,1H3,(H,44,53)(H,45,48)/t54-,55+,56?,61-,62+,63?,65-,67-;34-,35+,36?,38-,39-,40-,41?,43-/m00/s1. The minimum atomic E-state index is -1.62. The minimum Gasteiger partial charge on any atom is -0.394 e. The van der Waals surface area contributed by atoms with Gasteiger partial charge in [-0.1, -0.05) is 408 Å². The SMILES string of the molecule is CCCCCCCCCCCCCC[C@@H](O)[C@@H](O)[C@H](CO[C@H]1OC(CO)[C@H](O)[C@H](O)C1O)NC(=O)CCCCCCCCCCCNC(=O)C1CCCCC1.CCCCCCCCCCCCCC[C@@H](OCc1ccccc1)[C@@H](OCc1ccccc1)[C@H](CO[C@H]1OC(COCc2ccccc2)[C@H](C)[C@H](C)C1C)NC(=O)CCCCCCCCCCCNC(=O)C1CCCCC1. The molecule has 7 rings (SSSR count). The topological polar surface area (TPSA) is 302 Å². The number of hydrogen-bond acceptors (Lipinski definition) is 17. The van der Waals surface area contributed by atoms with E-state index < -0.39 is 74.0 Å². The van der Waals surface area contributed by atoms with E-state index in [4.69, 9.17) is 33.2 Å². The first-order chi connectivity index (χ1) is 64.0. The van der Waals surface area contributed by atoms with Crippen LogP contribution in [0.2, 0.25) is 0 Å². The molecule has 131 heavy (non-hydrogen) atoms. The number of ether oxygens (including phenoxy) is 7. The number of nitrogens with one attached hydrogen (secondary N) is 4. The second-order valence-corrected chi connectivity index (χ2v) is 39.5.